The average molecular weight is 366 g/mol. The van der Waals surface area contributed by atoms with E-state index in [1.165, 1.54) is 16.7 Å². The van der Waals surface area contributed by atoms with Crippen LogP contribution in [-0.4, -0.2) is 12.0 Å². The van der Waals surface area contributed by atoms with Crippen LogP contribution in [0, 0.1) is 6.92 Å². The lowest BCUT2D eigenvalue weighted by molar-refractivity contribution is 0.212. The molecule has 0 N–H and O–H groups in total. The topological polar surface area (TPSA) is 9.23 Å². The van der Waals surface area contributed by atoms with Crippen molar-refractivity contribution in [3.63, 3.8) is 0 Å². The summed E-state index contributed by atoms with van der Waals surface area (Å²) in [5, 5.41) is 0. The number of rotatable bonds is 4. The fraction of sp³-hybridized carbons (Fsp3) is 0.333. The Hall–Kier alpha value is -0.990. The first kappa shape index (κ1) is 14.9. The van der Waals surface area contributed by atoms with Gasteiger partial charge in [-0.25, -0.2) is 0 Å². The molecule has 2 aromatic carbocycles. The predicted octanol–water partition coefficient (Wildman–Crippen LogP) is 5.47. The maximum Gasteiger partial charge on any atom is 0.123 e. The SMILES string of the molecule is Cc1ccc2c(c1)CC(CC(CCl)c1ccccc1Br)O2. The molecule has 1 aliphatic rings. The van der Waals surface area contributed by atoms with Crippen LogP contribution in [-0.2, 0) is 6.42 Å². The molecule has 0 radical (unpaired) electrons. The van der Waals surface area contributed by atoms with E-state index in [9.17, 15) is 0 Å². The molecule has 0 saturated heterocycles. The van der Waals surface area contributed by atoms with Crippen molar-refractivity contribution in [2.45, 2.75) is 31.8 Å². The van der Waals surface area contributed by atoms with Crippen molar-refractivity contribution in [2.75, 3.05) is 5.88 Å². The minimum atomic E-state index is 0.220. The van der Waals surface area contributed by atoms with Gasteiger partial charge in [0.2, 0.25) is 0 Å². The minimum absolute atomic E-state index is 0.220. The zero-order valence-electron chi connectivity index (χ0n) is 12.0. The van der Waals surface area contributed by atoms with Gasteiger partial charge in [-0.3, -0.25) is 0 Å². The zero-order valence-corrected chi connectivity index (χ0v) is 14.3. The lowest BCUT2D eigenvalue weighted by Gasteiger charge is -2.20. The Morgan fingerprint density at radius 2 is 2.10 bits per heavy atom. The molecule has 1 aliphatic heterocycles. The summed E-state index contributed by atoms with van der Waals surface area (Å²) in [6, 6.07) is 14.7. The lowest BCUT2D eigenvalue weighted by Crippen LogP contribution is -2.18. The molecular formula is C18H18BrClO. The van der Waals surface area contributed by atoms with E-state index in [-0.39, 0.29) is 6.10 Å². The van der Waals surface area contributed by atoms with Gasteiger partial charge >= 0.3 is 0 Å². The van der Waals surface area contributed by atoms with Crippen LogP contribution in [0.3, 0.4) is 0 Å². The van der Waals surface area contributed by atoms with Crippen LogP contribution in [0.4, 0.5) is 0 Å². The Bertz CT molecular complexity index is 641. The Balaban J connectivity index is 1.74. The first-order valence-electron chi connectivity index (χ1n) is 7.24. The molecule has 0 fully saturated rings. The van der Waals surface area contributed by atoms with E-state index < -0.39 is 0 Å². The molecule has 21 heavy (non-hydrogen) atoms. The number of hydrogen-bond acceptors (Lipinski definition) is 1. The Kier molecular flexibility index (Phi) is 4.56. The number of hydrogen-bond donors (Lipinski definition) is 0. The second kappa shape index (κ2) is 6.41. The standard InChI is InChI=1S/C18H18BrClO/c1-12-6-7-18-13(8-12)9-15(21-18)10-14(11-20)16-4-2-3-5-17(16)19/h2-8,14-15H,9-11H2,1H3. The summed E-state index contributed by atoms with van der Waals surface area (Å²) in [7, 11) is 0. The number of halogens is 2. The van der Waals surface area contributed by atoms with Gasteiger partial charge in [0.05, 0.1) is 0 Å². The van der Waals surface area contributed by atoms with Crippen LogP contribution >= 0.6 is 27.5 Å². The van der Waals surface area contributed by atoms with E-state index in [0.29, 0.717) is 11.8 Å². The lowest BCUT2D eigenvalue weighted by atomic mass is 9.93. The highest BCUT2D eigenvalue weighted by molar-refractivity contribution is 9.10. The van der Waals surface area contributed by atoms with E-state index in [1.807, 2.05) is 6.07 Å². The van der Waals surface area contributed by atoms with E-state index in [4.69, 9.17) is 16.3 Å². The molecule has 1 heterocycles. The molecule has 2 atom stereocenters. The van der Waals surface area contributed by atoms with E-state index in [2.05, 4.69) is 59.3 Å². The third-order valence-electron chi connectivity index (χ3n) is 4.04. The highest BCUT2D eigenvalue weighted by Crippen LogP contribution is 2.36. The van der Waals surface area contributed by atoms with Gasteiger partial charge in [0.25, 0.3) is 0 Å². The summed E-state index contributed by atoms with van der Waals surface area (Å²) in [6.45, 7) is 2.12. The summed E-state index contributed by atoms with van der Waals surface area (Å²) in [5.41, 5.74) is 3.88. The van der Waals surface area contributed by atoms with Crippen LogP contribution in [0.25, 0.3) is 0 Å². The maximum atomic E-state index is 6.21. The van der Waals surface area contributed by atoms with Gasteiger partial charge in [-0.05, 0) is 36.6 Å². The van der Waals surface area contributed by atoms with Crippen molar-refractivity contribution in [1.82, 2.24) is 0 Å². The number of alkyl halides is 1. The molecule has 0 saturated carbocycles. The maximum absolute atomic E-state index is 6.21. The molecule has 0 aromatic heterocycles. The van der Waals surface area contributed by atoms with Crippen LogP contribution in [0.1, 0.15) is 29.0 Å². The molecule has 2 unspecified atom stereocenters. The molecule has 3 heteroatoms. The number of ether oxygens (including phenoxy) is 1. The van der Waals surface area contributed by atoms with Crippen LogP contribution in [0.5, 0.6) is 5.75 Å². The van der Waals surface area contributed by atoms with Crippen molar-refractivity contribution in [2.24, 2.45) is 0 Å². The molecule has 110 valence electrons. The van der Waals surface area contributed by atoms with Crippen molar-refractivity contribution in [3.05, 3.63) is 63.6 Å². The molecule has 0 amide bonds. The highest BCUT2D eigenvalue weighted by atomic mass is 79.9. The first-order chi connectivity index (χ1) is 10.2. The van der Waals surface area contributed by atoms with E-state index >= 15 is 0 Å². The third kappa shape index (κ3) is 3.27. The quantitative estimate of drug-likeness (QED) is 0.652. The van der Waals surface area contributed by atoms with Crippen molar-refractivity contribution in [1.29, 1.82) is 0 Å². The summed E-state index contributed by atoms with van der Waals surface area (Å²) in [6.07, 6.45) is 2.15. The smallest absolute Gasteiger partial charge is 0.123 e. The summed E-state index contributed by atoms with van der Waals surface area (Å²) in [4.78, 5) is 0. The fourth-order valence-electron chi connectivity index (χ4n) is 2.98. The first-order valence-corrected chi connectivity index (χ1v) is 8.56. The molecule has 0 bridgehead atoms. The molecule has 0 spiro atoms. The van der Waals surface area contributed by atoms with Crippen LogP contribution in [0.2, 0.25) is 0 Å². The predicted molar refractivity (Wildman–Crippen MR) is 91.5 cm³/mol. The van der Waals surface area contributed by atoms with Gasteiger partial charge in [-0.2, -0.15) is 0 Å². The molecule has 2 aromatic rings. The Morgan fingerprint density at radius 3 is 2.86 bits per heavy atom. The van der Waals surface area contributed by atoms with Crippen molar-refractivity contribution < 1.29 is 4.74 Å². The molecule has 1 nitrogen and oxygen atoms in total. The summed E-state index contributed by atoms with van der Waals surface area (Å²) in [5.74, 6) is 1.95. The second-order valence-electron chi connectivity index (χ2n) is 5.66. The normalized spacial score (nSPS) is 18.1. The van der Waals surface area contributed by atoms with Gasteiger partial charge in [0, 0.05) is 22.7 Å². The zero-order chi connectivity index (χ0) is 14.8. The second-order valence-corrected chi connectivity index (χ2v) is 6.83. The van der Waals surface area contributed by atoms with Gasteiger partial charge in [0.1, 0.15) is 11.9 Å². The Morgan fingerprint density at radius 1 is 1.29 bits per heavy atom. The van der Waals surface area contributed by atoms with Gasteiger partial charge in [-0.1, -0.05) is 51.8 Å². The van der Waals surface area contributed by atoms with E-state index in [0.717, 1.165) is 23.1 Å². The van der Waals surface area contributed by atoms with Crippen molar-refractivity contribution >= 4 is 27.5 Å². The van der Waals surface area contributed by atoms with Gasteiger partial charge in [0.15, 0.2) is 0 Å². The average Bonchev–Trinajstić information content (AvgIpc) is 2.87. The molecular weight excluding hydrogens is 348 g/mol. The van der Waals surface area contributed by atoms with Crippen molar-refractivity contribution in [3.8, 4) is 5.75 Å². The Labute approximate surface area is 139 Å². The largest absolute Gasteiger partial charge is 0.490 e. The third-order valence-corrected chi connectivity index (χ3v) is 5.13. The minimum Gasteiger partial charge on any atom is -0.490 e. The highest BCUT2D eigenvalue weighted by Gasteiger charge is 2.26. The molecule has 0 aliphatic carbocycles. The monoisotopic (exact) mass is 364 g/mol. The van der Waals surface area contributed by atoms with Gasteiger partial charge in [-0.15, -0.1) is 11.6 Å². The van der Waals surface area contributed by atoms with Crippen LogP contribution in [0.15, 0.2) is 46.9 Å². The summed E-state index contributed by atoms with van der Waals surface area (Å²) >= 11 is 9.84. The number of aryl methyl sites for hydroxylation is 1. The summed E-state index contributed by atoms with van der Waals surface area (Å²) < 4.78 is 7.21. The fourth-order valence-corrected chi connectivity index (χ4v) is 3.88. The molecule has 3 rings (SSSR count). The van der Waals surface area contributed by atoms with Crippen LogP contribution < -0.4 is 4.74 Å². The van der Waals surface area contributed by atoms with E-state index in [1.54, 1.807) is 0 Å². The number of benzene rings is 2. The van der Waals surface area contributed by atoms with Gasteiger partial charge < -0.3 is 4.74 Å². The number of fused-ring (bicyclic) bond motifs is 1.